The number of rotatable bonds is 6. The Hall–Kier alpha value is -2.09. The molecular weight excluding hydrogens is 380 g/mol. The van der Waals surface area contributed by atoms with E-state index in [0.717, 1.165) is 17.4 Å². The maximum Gasteiger partial charge on any atom is 0.309 e. The molecule has 0 aromatic heterocycles. The first-order valence-corrected chi connectivity index (χ1v) is 11.4. The highest BCUT2D eigenvalue weighted by Gasteiger charge is 2.35. The van der Waals surface area contributed by atoms with Crippen LogP contribution in [0.3, 0.4) is 0 Å². The molecule has 1 atom stereocenters. The molecule has 1 fully saturated rings. The molecule has 1 aliphatic rings. The third-order valence-electron chi connectivity index (χ3n) is 5.10. The van der Waals surface area contributed by atoms with E-state index in [1.165, 1.54) is 4.31 Å². The number of likely N-dealkylation sites (tertiary alicyclic amines) is 1. The average Bonchev–Trinajstić information content (AvgIpc) is 2.63. The van der Waals surface area contributed by atoms with Crippen molar-refractivity contribution in [1.82, 2.24) is 4.90 Å². The van der Waals surface area contributed by atoms with Gasteiger partial charge in [-0.2, -0.15) is 0 Å². The van der Waals surface area contributed by atoms with Crippen LogP contribution >= 0.6 is 0 Å². The molecule has 28 heavy (non-hydrogen) atoms. The van der Waals surface area contributed by atoms with E-state index in [1.54, 1.807) is 24.8 Å². The fourth-order valence-corrected chi connectivity index (χ4v) is 4.81. The number of carbonyl (C=O) groups excluding carboxylic acids is 2. The van der Waals surface area contributed by atoms with Gasteiger partial charge in [-0.3, -0.25) is 13.9 Å². The van der Waals surface area contributed by atoms with Crippen molar-refractivity contribution in [3.05, 3.63) is 29.3 Å². The minimum absolute atomic E-state index is 0.204. The van der Waals surface area contributed by atoms with E-state index in [2.05, 4.69) is 0 Å². The number of benzene rings is 1. The van der Waals surface area contributed by atoms with Gasteiger partial charge in [-0.25, -0.2) is 8.42 Å². The summed E-state index contributed by atoms with van der Waals surface area (Å²) < 4.78 is 31.3. The summed E-state index contributed by atoms with van der Waals surface area (Å²) in [7, 11) is -3.66. The number of anilines is 1. The summed E-state index contributed by atoms with van der Waals surface area (Å²) in [6.45, 7) is 8.27. The second-order valence-electron chi connectivity index (χ2n) is 7.38. The van der Waals surface area contributed by atoms with Gasteiger partial charge in [0.2, 0.25) is 15.9 Å². The zero-order chi connectivity index (χ0) is 21.1. The lowest BCUT2D eigenvalue weighted by atomic mass is 9.96. The maximum absolute atomic E-state index is 13.1. The van der Waals surface area contributed by atoms with Crippen molar-refractivity contribution in [2.75, 3.05) is 30.3 Å². The molecule has 0 aliphatic carbocycles. The molecule has 0 radical (unpaired) electrons. The highest BCUT2D eigenvalue weighted by atomic mass is 32.2. The van der Waals surface area contributed by atoms with Crippen LogP contribution < -0.4 is 4.31 Å². The zero-order valence-corrected chi connectivity index (χ0v) is 18.1. The number of aryl methyl sites for hydroxylation is 2. The van der Waals surface area contributed by atoms with Crippen molar-refractivity contribution < 1.29 is 22.7 Å². The van der Waals surface area contributed by atoms with Gasteiger partial charge in [0.25, 0.3) is 0 Å². The van der Waals surface area contributed by atoms with E-state index in [9.17, 15) is 18.0 Å². The number of sulfonamides is 1. The molecule has 0 spiro atoms. The summed E-state index contributed by atoms with van der Waals surface area (Å²) in [5.41, 5.74) is 2.23. The van der Waals surface area contributed by atoms with Crippen LogP contribution in [0.25, 0.3) is 0 Å². The Labute approximate surface area is 167 Å². The number of ether oxygens (including phenoxy) is 1. The summed E-state index contributed by atoms with van der Waals surface area (Å²) in [6, 6.07) is 4.68. The zero-order valence-electron chi connectivity index (χ0n) is 17.3. The summed E-state index contributed by atoms with van der Waals surface area (Å²) in [4.78, 5) is 26.6. The summed E-state index contributed by atoms with van der Waals surface area (Å²) >= 11 is 0. The second-order valence-corrected chi connectivity index (χ2v) is 9.24. The van der Waals surface area contributed by atoms with Crippen molar-refractivity contribution in [1.29, 1.82) is 0 Å². The topological polar surface area (TPSA) is 84.0 Å². The van der Waals surface area contributed by atoms with Gasteiger partial charge in [0.1, 0.15) is 6.04 Å². The Kier molecular flexibility index (Phi) is 7.09. The van der Waals surface area contributed by atoms with Crippen molar-refractivity contribution in [2.45, 2.75) is 46.6 Å². The average molecular weight is 411 g/mol. The van der Waals surface area contributed by atoms with Gasteiger partial charge in [0.05, 0.1) is 24.5 Å². The molecule has 7 nitrogen and oxygen atoms in total. The van der Waals surface area contributed by atoms with Crippen molar-refractivity contribution >= 4 is 27.6 Å². The number of esters is 1. The number of carbonyl (C=O) groups is 2. The Morgan fingerprint density at radius 3 is 2.39 bits per heavy atom. The second kappa shape index (κ2) is 8.94. The maximum atomic E-state index is 13.1. The van der Waals surface area contributed by atoms with Crippen molar-refractivity contribution in [3.63, 3.8) is 0 Å². The lowest BCUT2D eigenvalue weighted by Gasteiger charge is -2.36. The van der Waals surface area contributed by atoms with Crippen molar-refractivity contribution in [2.24, 2.45) is 5.92 Å². The smallest absolute Gasteiger partial charge is 0.309 e. The highest BCUT2D eigenvalue weighted by molar-refractivity contribution is 7.92. The van der Waals surface area contributed by atoms with Crippen LogP contribution in [0.5, 0.6) is 0 Å². The number of nitrogens with zero attached hydrogens (tertiary/aromatic N) is 2. The molecule has 8 heteroatoms. The van der Waals surface area contributed by atoms with Crippen LogP contribution in [0.2, 0.25) is 0 Å². The van der Waals surface area contributed by atoms with E-state index in [-0.39, 0.29) is 17.8 Å². The lowest BCUT2D eigenvalue weighted by molar-refractivity contribution is -0.151. The molecule has 0 saturated carbocycles. The molecule has 1 aliphatic heterocycles. The molecule has 0 N–H and O–H groups in total. The number of piperidine rings is 1. The molecule has 1 unspecified atom stereocenters. The molecule has 1 saturated heterocycles. The number of amides is 1. The molecule has 1 aromatic rings. The van der Waals surface area contributed by atoms with E-state index >= 15 is 0 Å². The fourth-order valence-electron chi connectivity index (χ4n) is 3.59. The monoisotopic (exact) mass is 410 g/mol. The lowest BCUT2D eigenvalue weighted by Crippen LogP contribution is -2.52. The van der Waals surface area contributed by atoms with Gasteiger partial charge in [0, 0.05) is 13.1 Å². The van der Waals surface area contributed by atoms with E-state index in [1.807, 2.05) is 26.0 Å². The van der Waals surface area contributed by atoms with Crippen molar-refractivity contribution in [3.8, 4) is 0 Å². The first-order chi connectivity index (χ1) is 13.1. The highest BCUT2D eigenvalue weighted by Crippen LogP contribution is 2.28. The molecule has 156 valence electrons. The largest absolute Gasteiger partial charge is 0.466 e. The van der Waals surface area contributed by atoms with E-state index in [4.69, 9.17) is 4.74 Å². The molecule has 1 aromatic carbocycles. The molecule has 1 heterocycles. The Morgan fingerprint density at radius 1 is 1.25 bits per heavy atom. The van der Waals surface area contributed by atoms with Gasteiger partial charge < -0.3 is 9.64 Å². The van der Waals surface area contributed by atoms with Crippen LogP contribution in [0.1, 0.15) is 37.8 Å². The minimum Gasteiger partial charge on any atom is -0.466 e. The Balaban J connectivity index is 2.19. The Bertz CT molecular complexity index is 829. The predicted octanol–water partition coefficient (Wildman–Crippen LogP) is 2.26. The predicted molar refractivity (Wildman–Crippen MR) is 109 cm³/mol. The first kappa shape index (κ1) is 22.2. The summed E-state index contributed by atoms with van der Waals surface area (Å²) in [5, 5.41) is 0. The normalized spacial score (nSPS) is 16.5. The third-order valence-corrected chi connectivity index (χ3v) is 6.32. The van der Waals surface area contributed by atoms with Gasteiger partial charge in [-0.15, -0.1) is 0 Å². The first-order valence-electron chi connectivity index (χ1n) is 9.58. The third kappa shape index (κ3) is 5.04. The molecular formula is C20H30N2O5S. The number of hydrogen-bond acceptors (Lipinski definition) is 5. The fraction of sp³-hybridized carbons (Fsp3) is 0.600. The van der Waals surface area contributed by atoms with Gasteiger partial charge >= 0.3 is 5.97 Å². The van der Waals surface area contributed by atoms with E-state index < -0.39 is 16.1 Å². The standard InChI is InChI=1S/C20H30N2O5S/c1-6-27-20(24)17-9-11-21(12-10-17)19(23)16(4)22(28(5,25)26)18-13-14(2)7-8-15(18)3/h7-8,13,16-17H,6,9-12H2,1-5H3. The van der Waals surface area contributed by atoms with Crippen LogP contribution in [0.4, 0.5) is 5.69 Å². The van der Waals surface area contributed by atoms with Crippen LogP contribution in [-0.4, -0.2) is 57.2 Å². The SMILES string of the molecule is CCOC(=O)C1CCN(C(=O)C(C)N(c2cc(C)ccc2C)S(C)(=O)=O)CC1. The molecule has 1 amide bonds. The van der Waals surface area contributed by atoms with Gasteiger partial charge in [-0.1, -0.05) is 12.1 Å². The minimum atomic E-state index is -3.66. The van der Waals surface area contributed by atoms with E-state index in [0.29, 0.717) is 38.2 Å². The quantitative estimate of drug-likeness (QED) is 0.672. The molecule has 2 rings (SSSR count). The Morgan fingerprint density at radius 2 is 1.86 bits per heavy atom. The van der Waals surface area contributed by atoms with Crippen LogP contribution in [-0.2, 0) is 24.3 Å². The summed E-state index contributed by atoms with van der Waals surface area (Å²) in [6.07, 6.45) is 2.17. The van der Waals surface area contributed by atoms with Gasteiger partial charge in [0.15, 0.2) is 0 Å². The molecule has 0 bridgehead atoms. The summed E-state index contributed by atoms with van der Waals surface area (Å²) in [5.74, 6) is -0.686. The van der Waals surface area contributed by atoms with Crippen LogP contribution in [0, 0.1) is 19.8 Å². The number of hydrogen-bond donors (Lipinski definition) is 0. The van der Waals surface area contributed by atoms with Crippen LogP contribution in [0.15, 0.2) is 18.2 Å². The van der Waals surface area contributed by atoms with Gasteiger partial charge in [-0.05, 0) is 57.7 Å².